The molecule has 0 aromatic heterocycles. The fraction of sp³-hybridized carbons (Fsp3) is 1.00. The summed E-state index contributed by atoms with van der Waals surface area (Å²) in [6, 6.07) is 0. The molecule has 0 saturated carbocycles. The maximum atomic E-state index is 2.62. The van der Waals surface area contributed by atoms with Crippen LogP contribution in [0, 0.1) is 0 Å². The molecule has 122 valence electrons. The van der Waals surface area contributed by atoms with Crippen LogP contribution in [0.4, 0.5) is 0 Å². The van der Waals surface area contributed by atoms with E-state index in [2.05, 4.69) is 92.9 Å². The first-order chi connectivity index (χ1) is 8.47. The average molecular weight is 285 g/mol. The Bertz CT molecular complexity index is 231. The van der Waals surface area contributed by atoms with Crippen LogP contribution in [0.5, 0.6) is 0 Å². The van der Waals surface area contributed by atoms with Crippen molar-refractivity contribution in [3.8, 4) is 0 Å². The first kappa shape index (κ1) is 19.9. The number of rotatable bonds is 3. The molecule has 0 radical (unpaired) electrons. The maximum absolute atomic E-state index is 2.62. The lowest BCUT2D eigenvalue weighted by Crippen LogP contribution is -2.59. The Morgan fingerprint density at radius 2 is 0.550 bits per heavy atom. The molecular weight excluding hydrogens is 244 g/mol. The highest BCUT2D eigenvalue weighted by Gasteiger charge is 2.35. The number of hydrogen-bond acceptors (Lipinski definition) is 2. The van der Waals surface area contributed by atoms with Gasteiger partial charge in [0.1, 0.15) is 0 Å². The molecule has 0 aromatic rings. The molecule has 2 nitrogen and oxygen atoms in total. The summed E-state index contributed by atoms with van der Waals surface area (Å²) in [6.07, 6.45) is 0. The summed E-state index contributed by atoms with van der Waals surface area (Å²) in [5.74, 6) is 0. The molecule has 0 bridgehead atoms. The zero-order valence-corrected chi connectivity index (χ0v) is 16.3. The molecule has 0 saturated heterocycles. The molecule has 0 atom stereocenters. The van der Waals surface area contributed by atoms with E-state index in [1.165, 1.54) is 0 Å². The lowest BCUT2D eigenvalue weighted by Gasteiger charge is -2.50. The van der Waals surface area contributed by atoms with Crippen LogP contribution < -0.4 is 0 Å². The highest BCUT2D eigenvalue weighted by molar-refractivity contribution is 4.91. The van der Waals surface area contributed by atoms with Gasteiger partial charge in [-0.15, -0.1) is 0 Å². The average Bonchev–Trinajstić information content (AvgIpc) is 2.02. The van der Waals surface area contributed by atoms with Crippen LogP contribution in [0.25, 0.3) is 0 Å². The van der Waals surface area contributed by atoms with E-state index < -0.39 is 0 Å². The second-order valence-electron chi connectivity index (χ2n) is 9.99. The van der Waals surface area contributed by atoms with E-state index in [4.69, 9.17) is 0 Å². The highest BCUT2D eigenvalue weighted by Crippen LogP contribution is 2.28. The quantitative estimate of drug-likeness (QED) is 0.735. The van der Waals surface area contributed by atoms with Crippen LogP contribution in [0.1, 0.15) is 83.1 Å². The van der Waals surface area contributed by atoms with Gasteiger partial charge in [-0.1, -0.05) is 0 Å². The van der Waals surface area contributed by atoms with E-state index in [1.807, 2.05) is 0 Å². The maximum Gasteiger partial charge on any atom is 0.0130 e. The van der Waals surface area contributed by atoms with Crippen LogP contribution in [0.2, 0.25) is 0 Å². The predicted molar refractivity (Wildman–Crippen MR) is 92.4 cm³/mol. The van der Waals surface area contributed by atoms with Crippen molar-refractivity contribution in [1.82, 2.24) is 9.80 Å². The second kappa shape index (κ2) is 5.96. The standard InChI is InChI=1S/C18H40N2/c1-15(2,3)19(16(4,5)6)13-14-20(17(7,8)9)18(10,11)12/h13-14H2,1-12H3. The zero-order chi connectivity index (χ0) is 16.6. The Kier molecular flexibility index (Phi) is 5.94. The first-order valence-corrected chi connectivity index (χ1v) is 8.03. The van der Waals surface area contributed by atoms with Gasteiger partial charge < -0.3 is 0 Å². The van der Waals surface area contributed by atoms with E-state index in [1.54, 1.807) is 0 Å². The van der Waals surface area contributed by atoms with Gasteiger partial charge in [-0.25, -0.2) is 0 Å². The van der Waals surface area contributed by atoms with Crippen molar-refractivity contribution in [3.63, 3.8) is 0 Å². The van der Waals surface area contributed by atoms with Crippen LogP contribution >= 0.6 is 0 Å². The second-order valence-corrected chi connectivity index (χ2v) is 9.99. The topological polar surface area (TPSA) is 6.48 Å². The summed E-state index contributed by atoms with van der Waals surface area (Å²) in [7, 11) is 0. The van der Waals surface area contributed by atoms with Crippen molar-refractivity contribution in [2.24, 2.45) is 0 Å². The van der Waals surface area contributed by atoms with Crippen LogP contribution in [-0.2, 0) is 0 Å². The molecule has 0 rings (SSSR count). The molecule has 0 aliphatic carbocycles. The minimum Gasteiger partial charge on any atom is -0.292 e. The number of nitrogens with zero attached hydrogens (tertiary/aromatic N) is 2. The van der Waals surface area contributed by atoms with Gasteiger partial charge >= 0.3 is 0 Å². The monoisotopic (exact) mass is 284 g/mol. The third-order valence-corrected chi connectivity index (χ3v) is 3.79. The van der Waals surface area contributed by atoms with Gasteiger partial charge in [0, 0.05) is 35.2 Å². The Labute approximate surface area is 128 Å². The minimum absolute atomic E-state index is 0.194. The molecule has 0 spiro atoms. The molecule has 2 heteroatoms. The van der Waals surface area contributed by atoms with Gasteiger partial charge in [0.25, 0.3) is 0 Å². The van der Waals surface area contributed by atoms with E-state index in [0.29, 0.717) is 0 Å². The lowest BCUT2D eigenvalue weighted by atomic mass is 9.93. The van der Waals surface area contributed by atoms with Gasteiger partial charge in [0.05, 0.1) is 0 Å². The zero-order valence-electron chi connectivity index (χ0n) is 16.3. The van der Waals surface area contributed by atoms with Crippen molar-refractivity contribution in [2.75, 3.05) is 13.1 Å². The normalized spacial score (nSPS) is 15.3. The summed E-state index contributed by atoms with van der Waals surface area (Å²) >= 11 is 0. The molecule has 20 heavy (non-hydrogen) atoms. The first-order valence-electron chi connectivity index (χ1n) is 8.03. The van der Waals surface area contributed by atoms with Gasteiger partial charge in [0.2, 0.25) is 0 Å². The van der Waals surface area contributed by atoms with Crippen LogP contribution in [-0.4, -0.2) is 45.0 Å². The summed E-state index contributed by atoms with van der Waals surface area (Å²) in [5, 5.41) is 0. The van der Waals surface area contributed by atoms with E-state index in [0.717, 1.165) is 13.1 Å². The Hall–Kier alpha value is -0.0800. The summed E-state index contributed by atoms with van der Waals surface area (Å²) in [6.45, 7) is 30.0. The molecular formula is C18H40N2. The highest BCUT2D eigenvalue weighted by atomic mass is 15.3. The van der Waals surface area contributed by atoms with Crippen LogP contribution in [0.3, 0.4) is 0 Å². The Morgan fingerprint density at radius 1 is 0.400 bits per heavy atom. The lowest BCUT2D eigenvalue weighted by molar-refractivity contribution is -0.0129. The van der Waals surface area contributed by atoms with Gasteiger partial charge in [-0.2, -0.15) is 0 Å². The van der Waals surface area contributed by atoms with Gasteiger partial charge in [-0.05, 0) is 83.1 Å². The predicted octanol–water partition coefficient (Wildman–Crippen LogP) is 4.78. The van der Waals surface area contributed by atoms with Crippen molar-refractivity contribution >= 4 is 0 Å². The largest absolute Gasteiger partial charge is 0.292 e. The van der Waals surface area contributed by atoms with Crippen molar-refractivity contribution in [1.29, 1.82) is 0 Å². The van der Waals surface area contributed by atoms with Crippen molar-refractivity contribution in [3.05, 3.63) is 0 Å². The molecule has 0 aliphatic heterocycles. The SMILES string of the molecule is CC(C)(C)N(CCN(C(C)(C)C)C(C)(C)C)C(C)(C)C. The third kappa shape index (κ3) is 6.13. The summed E-state index contributed by atoms with van der Waals surface area (Å²) in [4.78, 5) is 5.23. The third-order valence-electron chi connectivity index (χ3n) is 3.79. The fourth-order valence-electron chi connectivity index (χ4n) is 3.55. The molecule has 0 amide bonds. The van der Waals surface area contributed by atoms with Crippen molar-refractivity contribution in [2.45, 2.75) is 105 Å². The Balaban J connectivity index is 5.10. The van der Waals surface area contributed by atoms with E-state index in [-0.39, 0.29) is 22.2 Å². The Morgan fingerprint density at radius 3 is 0.650 bits per heavy atom. The van der Waals surface area contributed by atoms with E-state index in [9.17, 15) is 0 Å². The molecule has 0 unspecified atom stereocenters. The van der Waals surface area contributed by atoms with Gasteiger partial charge in [-0.3, -0.25) is 9.80 Å². The minimum atomic E-state index is 0.194. The smallest absolute Gasteiger partial charge is 0.0130 e. The fourth-order valence-corrected chi connectivity index (χ4v) is 3.55. The molecule has 0 fully saturated rings. The summed E-state index contributed by atoms with van der Waals surface area (Å²) in [5.41, 5.74) is 0.777. The molecule has 0 N–H and O–H groups in total. The molecule has 0 aliphatic rings. The molecule has 0 heterocycles. The van der Waals surface area contributed by atoms with E-state index >= 15 is 0 Å². The summed E-state index contributed by atoms with van der Waals surface area (Å²) < 4.78 is 0. The number of hydrogen-bond donors (Lipinski definition) is 0. The molecule has 0 aromatic carbocycles. The van der Waals surface area contributed by atoms with Gasteiger partial charge in [0.15, 0.2) is 0 Å². The van der Waals surface area contributed by atoms with Crippen molar-refractivity contribution < 1.29 is 0 Å². The van der Waals surface area contributed by atoms with Crippen LogP contribution in [0.15, 0.2) is 0 Å².